The second-order valence-electron chi connectivity index (χ2n) is 7.31. The molecule has 0 atom stereocenters. The van der Waals surface area contributed by atoms with E-state index in [-0.39, 0.29) is 24.8 Å². The largest absolute Gasteiger partial charge is 0.375 e. The molecule has 0 N–H and O–H groups in total. The molecule has 2 aromatic carbocycles. The zero-order chi connectivity index (χ0) is 18.0. The molecule has 0 amide bonds. The Morgan fingerprint density at radius 1 is 0.750 bits per heavy atom. The van der Waals surface area contributed by atoms with Gasteiger partial charge in [0.25, 0.3) is 0 Å². The molecule has 28 heavy (non-hydrogen) atoms. The minimum Gasteiger partial charge on any atom is -0.375 e. The first-order valence-electron chi connectivity index (χ1n) is 9.91. The van der Waals surface area contributed by atoms with Gasteiger partial charge in [-0.25, -0.2) is 0 Å². The van der Waals surface area contributed by atoms with Crippen LogP contribution in [0, 0.1) is 6.92 Å². The Hall–Kier alpha value is -1.10. The molecule has 1 aliphatic heterocycles. The molecule has 0 bridgehead atoms. The Morgan fingerprint density at radius 2 is 1.36 bits per heavy atom. The molecule has 0 radical (unpaired) electrons. The molecule has 0 aromatic heterocycles. The molecule has 1 fully saturated rings. The van der Waals surface area contributed by atoms with Crippen molar-refractivity contribution in [2.45, 2.75) is 26.4 Å². The lowest BCUT2D eigenvalue weighted by Crippen LogP contribution is -2.47. The predicted octanol–water partition coefficient (Wildman–Crippen LogP) is 4.61. The van der Waals surface area contributed by atoms with Gasteiger partial charge in [0.15, 0.2) is 0 Å². The van der Waals surface area contributed by atoms with Crippen molar-refractivity contribution in [3.05, 3.63) is 71.3 Å². The molecule has 3 nitrogen and oxygen atoms in total. The minimum atomic E-state index is 0. The number of piperazine rings is 1. The van der Waals surface area contributed by atoms with Crippen LogP contribution in [0.2, 0.25) is 0 Å². The summed E-state index contributed by atoms with van der Waals surface area (Å²) in [5, 5.41) is 0. The smallest absolute Gasteiger partial charge is 0.0717 e. The van der Waals surface area contributed by atoms with Gasteiger partial charge in [-0.05, 0) is 37.4 Å². The Bertz CT molecular complexity index is 629. The Morgan fingerprint density at radius 3 is 2.00 bits per heavy atom. The molecule has 3 rings (SSSR count). The van der Waals surface area contributed by atoms with Gasteiger partial charge in [-0.2, -0.15) is 0 Å². The first kappa shape index (κ1) is 24.9. The van der Waals surface area contributed by atoms with E-state index < -0.39 is 0 Å². The first-order valence-corrected chi connectivity index (χ1v) is 9.91. The Balaban J connectivity index is 0.00000196. The molecule has 156 valence electrons. The van der Waals surface area contributed by atoms with Gasteiger partial charge in [-0.15, -0.1) is 24.8 Å². The molecular formula is C23H34Cl2N2O. The molecule has 1 heterocycles. The number of halogens is 2. The van der Waals surface area contributed by atoms with Crippen molar-refractivity contribution in [1.29, 1.82) is 0 Å². The second-order valence-corrected chi connectivity index (χ2v) is 7.31. The van der Waals surface area contributed by atoms with Crippen LogP contribution in [0.15, 0.2) is 54.6 Å². The van der Waals surface area contributed by atoms with E-state index in [1.807, 2.05) is 6.07 Å². The third-order valence-corrected chi connectivity index (χ3v) is 5.19. The summed E-state index contributed by atoms with van der Waals surface area (Å²) in [6.45, 7) is 10.7. The highest BCUT2D eigenvalue weighted by Gasteiger charge is 2.15. The number of hydrogen-bond acceptors (Lipinski definition) is 3. The standard InChI is InChI=1S/C23H32N2O.2ClH/c1-21-9-11-22(12-10-21)8-5-13-24-14-16-25(17-15-24)18-19-26-20-23-6-3-2-4-7-23;;/h2-4,6-7,9-12H,5,8,13-20H2,1H3;2*1H. The topological polar surface area (TPSA) is 15.7 Å². The van der Waals surface area contributed by atoms with E-state index >= 15 is 0 Å². The summed E-state index contributed by atoms with van der Waals surface area (Å²) >= 11 is 0. The highest BCUT2D eigenvalue weighted by atomic mass is 35.5. The van der Waals surface area contributed by atoms with Gasteiger partial charge >= 0.3 is 0 Å². The number of rotatable bonds is 9. The van der Waals surface area contributed by atoms with Gasteiger partial charge in [0.1, 0.15) is 0 Å². The molecule has 0 unspecified atom stereocenters. The lowest BCUT2D eigenvalue weighted by Gasteiger charge is -2.34. The summed E-state index contributed by atoms with van der Waals surface area (Å²) in [6.07, 6.45) is 2.44. The molecule has 0 saturated carbocycles. The van der Waals surface area contributed by atoms with Crippen LogP contribution < -0.4 is 0 Å². The van der Waals surface area contributed by atoms with Crippen LogP contribution in [0.3, 0.4) is 0 Å². The van der Waals surface area contributed by atoms with Crippen LogP contribution in [0.5, 0.6) is 0 Å². The maximum atomic E-state index is 5.82. The van der Waals surface area contributed by atoms with Crippen LogP contribution in [0.4, 0.5) is 0 Å². The number of ether oxygens (including phenoxy) is 1. The fourth-order valence-electron chi connectivity index (χ4n) is 3.46. The van der Waals surface area contributed by atoms with Crippen molar-refractivity contribution in [2.75, 3.05) is 45.9 Å². The number of benzene rings is 2. The average molecular weight is 425 g/mol. The van der Waals surface area contributed by atoms with Crippen LogP contribution >= 0.6 is 24.8 Å². The third-order valence-electron chi connectivity index (χ3n) is 5.19. The van der Waals surface area contributed by atoms with Gasteiger partial charge in [0.05, 0.1) is 13.2 Å². The van der Waals surface area contributed by atoms with Crippen LogP contribution in [-0.2, 0) is 17.8 Å². The summed E-state index contributed by atoms with van der Waals surface area (Å²) < 4.78 is 5.82. The maximum absolute atomic E-state index is 5.82. The number of nitrogens with zero attached hydrogens (tertiary/aromatic N) is 2. The normalized spacial score (nSPS) is 14.9. The van der Waals surface area contributed by atoms with Crippen molar-refractivity contribution in [3.63, 3.8) is 0 Å². The third kappa shape index (κ3) is 8.93. The number of hydrogen-bond donors (Lipinski definition) is 0. The van der Waals surface area contributed by atoms with Crippen molar-refractivity contribution in [2.24, 2.45) is 0 Å². The summed E-state index contributed by atoms with van der Waals surface area (Å²) in [5.41, 5.74) is 4.06. The summed E-state index contributed by atoms with van der Waals surface area (Å²) in [4.78, 5) is 5.14. The summed E-state index contributed by atoms with van der Waals surface area (Å²) in [7, 11) is 0. The van der Waals surface area contributed by atoms with E-state index in [0.29, 0.717) is 0 Å². The van der Waals surface area contributed by atoms with Crippen LogP contribution in [0.1, 0.15) is 23.1 Å². The van der Waals surface area contributed by atoms with Crippen molar-refractivity contribution >= 4 is 24.8 Å². The van der Waals surface area contributed by atoms with E-state index in [1.165, 1.54) is 62.3 Å². The lowest BCUT2D eigenvalue weighted by molar-refractivity contribution is 0.0682. The average Bonchev–Trinajstić information content (AvgIpc) is 2.69. The fraction of sp³-hybridized carbons (Fsp3) is 0.478. The Labute approximate surface area is 182 Å². The second kappa shape index (κ2) is 14.0. The summed E-state index contributed by atoms with van der Waals surface area (Å²) in [6, 6.07) is 19.4. The summed E-state index contributed by atoms with van der Waals surface area (Å²) in [5.74, 6) is 0. The van der Waals surface area contributed by atoms with Crippen molar-refractivity contribution < 1.29 is 4.74 Å². The van der Waals surface area contributed by atoms with Crippen LogP contribution in [0.25, 0.3) is 0 Å². The van der Waals surface area contributed by atoms with Gasteiger partial charge in [-0.1, -0.05) is 60.2 Å². The SMILES string of the molecule is Cc1ccc(CCCN2CCN(CCOCc3ccccc3)CC2)cc1.Cl.Cl. The van der Waals surface area contributed by atoms with Crippen molar-refractivity contribution in [3.8, 4) is 0 Å². The molecule has 0 aliphatic carbocycles. The first-order chi connectivity index (χ1) is 12.8. The van der Waals surface area contributed by atoms with E-state index in [0.717, 1.165) is 19.8 Å². The van der Waals surface area contributed by atoms with Gasteiger partial charge in [0, 0.05) is 32.7 Å². The van der Waals surface area contributed by atoms with E-state index in [2.05, 4.69) is 65.3 Å². The zero-order valence-electron chi connectivity index (χ0n) is 16.9. The molecule has 2 aromatic rings. The van der Waals surface area contributed by atoms with E-state index in [9.17, 15) is 0 Å². The highest BCUT2D eigenvalue weighted by molar-refractivity contribution is 5.85. The number of aryl methyl sites for hydroxylation is 2. The lowest BCUT2D eigenvalue weighted by atomic mass is 10.1. The van der Waals surface area contributed by atoms with Gasteiger partial charge in [-0.3, -0.25) is 4.90 Å². The molecule has 1 saturated heterocycles. The Kier molecular flexibility index (Phi) is 12.4. The monoisotopic (exact) mass is 424 g/mol. The van der Waals surface area contributed by atoms with Crippen molar-refractivity contribution in [1.82, 2.24) is 9.80 Å². The molecule has 0 spiro atoms. The molecule has 1 aliphatic rings. The van der Waals surface area contributed by atoms with E-state index in [4.69, 9.17) is 4.74 Å². The van der Waals surface area contributed by atoms with E-state index in [1.54, 1.807) is 0 Å². The fourth-order valence-corrected chi connectivity index (χ4v) is 3.46. The minimum absolute atomic E-state index is 0. The zero-order valence-corrected chi connectivity index (χ0v) is 18.5. The quantitative estimate of drug-likeness (QED) is 0.546. The predicted molar refractivity (Wildman–Crippen MR) is 123 cm³/mol. The van der Waals surface area contributed by atoms with Gasteiger partial charge < -0.3 is 9.64 Å². The highest BCUT2D eigenvalue weighted by Crippen LogP contribution is 2.08. The van der Waals surface area contributed by atoms with Crippen LogP contribution in [-0.4, -0.2) is 55.7 Å². The molecule has 5 heteroatoms. The maximum Gasteiger partial charge on any atom is 0.0717 e. The van der Waals surface area contributed by atoms with Gasteiger partial charge in [0.2, 0.25) is 0 Å². The molecular weight excluding hydrogens is 391 g/mol.